The lowest BCUT2D eigenvalue weighted by molar-refractivity contribution is -0.133. The highest BCUT2D eigenvalue weighted by molar-refractivity contribution is 7.15. The summed E-state index contributed by atoms with van der Waals surface area (Å²) in [5, 5.41) is 8.25. The number of carbonyl (C=O) groups excluding carboxylic acids is 1. The van der Waals surface area contributed by atoms with Crippen LogP contribution in [0.4, 0.5) is 5.13 Å². The Morgan fingerprint density at radius 2 is 2.45 bits per heavy atom. The normalized spacial score (nSPS) is 12.5. The lowest BCUT2D eigenvalue weighted by Crippen LogP contribution is -1.96. The van der Waals surface area contributed by atoms with Crippen molar-refractivity contribution in [1.82, 2.24) is 10.2 Å². The second kappa shape index (κ2) is 3.29. The molecule has 1 aromatic rings. The van der Waals surface area contributed by atoms with Crippen LogP contribution < -0.4 is 5.73 Å². The number of anilines is 1. The van der Waals surface area contributed by atoms with E-state index in [-0.39, 0.29) is 6.10 Å². The predicted octanol–water partition coefficient (Wildman–Crippen LogP) is 0.354. The number of nitrogen functional groups attached to an aromatic ring is 1. The maximum atomic E-state index is 9.90. The van der Waals surface area contributed by atoms with Crippen molar-refractivity contribution >= 4 is 22.9 Å². The highest BCUT2D eigenvalue weighted by atomic mass is 32.1. The molecule has 1 atom stereocenters. The Bertz CT molecular complexity index is 250. The minimum atomic E-state index is -0.359. The third-order valence-electron chi connectivity index (χ3n) is 1.06. The van der Waals surface area contributed by atoms with Crippen molar-refractivity contribution in [3.8, 4) is 0 Å². The monoisotopic (exact) mass is 173 g/mol. The quantitative estimate of drug-likeness (QED) is 0.667. The second-order valence-corrected chi connectivity index (χ2v) is 2.89. The van der Waals surface area contributed by atoms with Gasteiger partial charge in [0.2, 0.25) is 5.13 Å². The average molecular weight is 173 g/mol. The number of hydrogen-bond acceptors (Lipinski definition) is 6. The minimum Gasteiger partial charge on any atom is -0.457 e. The van der Waals surface area contributed by atoms with Gasteiger partial charge >= 0.3 is 0 Å². The van der Waals surface area contributed by atoms with Gasteiger partial charge in [-0.3, -0.25) is 4.79 Å². The molecule has 5 nitrogen and oxygen atoms in total. The van der Waals surface area contributed by atoms with E-state index in [4.69, 9.17) is 5.73 Å². The molecule has 2 N–H and O–H groups in total. The number of ether oxygens (including phenoxy) is 1. The van der Waals surface area contributed by atoms with Crippen LogP contribution >= 0.6 is 11.3 Å². The summed E-state index contributed by atoms with van der Waals surface area (Å²) in [6, 6.07) is 0. The molecule has 1 unspecified atom stereocenters. The molecule has 0 aliphatic carbocycles. The zero-order chi connectivity index (χ0) is 8.27. The average Bonchev–Trinajstić information content (AvgIpc) is 2.36. The third kappa shape index (κ3) is 1.87. The summed E-state index contributed by atoms with van der Waals surface area (Å²) >= 11 is 1.21. The van der Waals surface area contributed by atoms with E-state index in [1.807, 2.05) is 0 Å². The van der Waals surface area contributed by atoms with E-state index >= 15 is 0 Å². The molecule has 0 spiro atoms. The summed E-state index contributed by atoms with van der Waals surface area (Å²) in [6.45, 7) is 2.08. The summed E-state index contributed by atoms with van der Waals surface area (Å²) in [6.07, 6.45) is -0.359. The number of hydrogen-bond donors (Lipinski definition) is 1. The van der Waals surface area contributed by atoms with Crippen LogP contribution in [-0.4, -0.2) is 16.7 Å². The first-order chi connectivity index (χ1) is 5.24. The maximum absolute atomic E-state index is 9.90. The Morgan fingerprint density at radius 3 is 2.91 bits per heavy atom. The first kappa shape index (κ1) is 7.93. The molecule has 0 aliphatic heterocycles. The molecule has 1 aromatic heterocycles. The molecule has 0 radical (unpaired) electrons. The van der Waals surface area contributed by atoms with E-state index in [0.717, 1.165) is 0 Å². The predicted molar refractivity (Wildman–Crippen MR) is 39.9 cm³/mol. The lowest BCUT2D eigenvalue weighted by Gasteiger charge is -2.02. The van der Waals surface area contributed by atoms with Crippen LogP contribution in [-0.2, 0) is 9.53 Å². The van der Waals surface area contributed by atoms with E-state index < -0.39 is 0 Å². The zero-order valence-corrected chi connectivity index (χ0v) is 6.67. The SMILES string of the molecule is CC(OC=O)c1nnc(N)s1. The van der Waals surface area contributed by atoms with Crippen molar-refractivity contribution in [3.05, 3.63) is 5.01 Å². The maximum Gasteiger partial charge on any atom is 0.293 e. The Labute approximate surface area is 67.2 Å². The van der Waals surface area contributed by atoms with Crippen LogP contribution in [0.2, 0.25) is 0 Å². The van der Waals surface area contributed by atoms with Gasteiger partial charge in [0.1, 0.15) is 0 Å². The topological polar surface area (TPSA) is 78.1 Å². The Hall–Kier alpha value is -1.17. The van der Waals surface area contributed by atoms with Crippen LogP contribution in [0.25, 0.3) is 0 Å². The molecule has 0 aromatic carbocycles. The molecule has 1 heterocycles. The van der Waals surface area contributed by atoms with Gasteiger partial charge < -0.3 is 10.5 Å². The smallest absolute Gasteiger partial charge is 0.293 e. The van der Waals surface area contributed by atoms with E-state index in [2.05, 4.69) is 14.9 Å². The molecule has 11 heavy (non-hydrogen) atoms. The van der Waals surface area contributed by atoms with Gasteiger partial charge in [0, 0.05) is 0 Å². The van der Waals surface area contributed by atoms with Crippen molar-refractivity contribution in [1.29, 1.82) is 0 Å². The molecular weight excluding hydrogens is 166 g/mol. The van der Waals surface area contributed by atoms with Gasteiger partial charge in [-0.25, -0.2) is 0 Å². The van der Waals surface area contributed by atoms with Gasteiger partial charge in [-0.1, -0.05) is 11.3 Å². The van der Waals surface area contributed by atoms with E-state index in [1.165, 1.54) is 11.3 Å². The number of nitrogens with zero attached hydrogens (tertiary/aromatic N) is 2. The van der Waals surface area contributed by atoms with Crippen molar-refractivity contribution < 1.29 is 9.53 Å². The van der Waals surface area contributed by atoms with E-state index in [1.54, 1.807) is 6.92 Å². The van der Waals surface area contributed by atoms with Gasteiger partial charge in [0.25, 0.3) is 6.47 Å². The fourth-order valence-electron chi connectivity index (χ4n) is 0.552. The third-order valence-corrected chi connectivity index (χ3v) is 1.98. The molecule has 0 bridgehead atoms. The fourth-order valence-corrected chi connectivity index (χ4v) is 1.15. The molecule has 60 valence electrons. The summed E-state index contributed by atoms with van der Waals surface area (Å²) in [5.74, 6) is 0. The van der Waals surface area contributed by atoms with Gasteiger partial charge in [-0.15, -0.1) is 10.2 Å². The van der Waals surface area contributed by atoms with E-state index in [0.29, 0.717) is 16.6 Å². The summed E-state index contributed by atoms with van der Waals surface area (Å²) in [5.41, 5.74) is 5.31. The summed E-state index contributed by atoms with van der Waals surface area (Å²) < 4.78 is 4.61. The van der Waals surface area contributed by atoms with Gasteiger partial charge in [-0.2, -0.15) is 0 Å². The van der Waals surface area contributed by atoms with Crippen molar-refractivity contribution in [2.24, 2.45) is 0 Å². The summed E-state index contributed by atoms with van der Waals surface area (Å²) in [7, 11) is 0. The first-order valence-corrected chi connectivity index (χ1v) is 3.73. The largest absolute Gasteiger partial charge is 0.457 e. The number of nitrogens with two attached hydrogens (primary N) is 1. The Balaban J connectivity index is 2.67. The Kier molecular flexibility index (Phi) is 2.37. The van der Waals surface area contributed by atoms with Gasteiger partial charge in [0.15, 0.2) is 11.1 Å². The summed E-state index contributed by atoms with van der Waals surface area (Å²) in [4.78, 5) is 9.90. The molecule has 6 heteroatoms. The standard InChI is InChI=1S/C5H7N3O2S/c1-3(10-2-9)4-7-8-5(6)11-4/h2-3H,1H3,(H2,6,8). The first-order valence-electron chi connectivity index (χ1n) is 2.92. The van der Waals surface area contributed by atoms with Gasteiger partial charge in [-0.05, 0) is 6.92 Å². The van der Waals surface area contributed by atoms with Crippen LogP contribution in [0.5, 0.6) is 0 Å². The molecule has 0 aliphatic rings. The molecule has 0 saturated carbocycles. The number of aromatic nitrogens is 2. The molecule has 0 fully saturated rings. The zero-order valence-electron chi connectivity index (χ0n) is 5.85. The molecule has 0 saturated heterocycles. The van der Waals surface area contributed by atoms with Crippen molar-refractivity contribution in [3.63, 3.8) is 0 Å². The van der Waals surface area contributed by atoms with Crippen LogP contribution in [0.15, 0.2) is 0 Å². The molecular formula is C5H7N3O2S. The van der Waals surface area contributed by atoms with Crippen LogP contribution in [0.3, 0.4) is 0 Å². The molecule has 1 rings (SSSR count). The second-order valence-electron chi connectivity index (χ2n) is 1.85. The van der Waals surface area contributed by atoms with Gasteiger partial charge in [0.05, 0.1) is 0 Å². The van der Waals surface area contributed by atoms with Crippen molar-refractivity contribution in [2.75, 3.05) is 5.73 Å². The Morgan fingerprint density at radius 1 is 1.73 bits per heavy atom. The lowest BCUT2D eigenvalue weighted by atomic mass is 10.4. The fraction of sp³-hybridized carbons (Fsp3) is 0.400. The van der Waals surface area contributed by atoms with E-state index in [9.17, 15) is 4.79 Å². The van der Waals surface area contributed by atoms with Crippen LogP contribution in [0, 0.1) is 0 Å². The highest BCUT2D eigenvalue weighted by Gasteiger charge is 2.10. The number of carbonyl (C=O) groups is 1. The highest BCUT2D eigenvalue weighted by Crippen LogP contribution is 2.20. The van der Waals surface area contributed by atoms with Crippen molar-refractivity contribution in [2.45, 2.75) is 13.0 Å². The molecule has 0 amide bonds. The number of rotatable bonds is 3. The van der Waals surface area contributed by atoms with Crippen LogP contribution in [0.1, 0.15) is 18.0 Å². The minimum absolute atomic E-state index is 0.359.